The van der Waals surface area contributed by atoms with E-state index in [-0.39, 0.29) is 30.2 Å². The monoisotopic (exact) mass is 545 g/mol. The van der Waals surface area contributed by atoms with E-state index >= 15 is 0 Å². The van der Waals surface area contributed by atoms with Crippen molar-refractivity contribution in [1.82, 2.24) is 14.7 Å². The number of benzene rings is 2. The first-order valence-electron chi connectivity index (χ1n) is 13.9. The van der Waals surface area contributed by atoms with Crippen molar-refractivity contribution >= 4 is 11.8 Å². The molecule has 210 valence electrons. The molecule has 1 aromatic heterocycles. The minimum absolute atomic E-state index is 0.0288. The molecule has 7 nitrogen and oxygen atoms in total. The number of carbonyl (C=O) groups is 2. The number of carbonyl (C=O) groups excluding carboxylic acids is 2. The molecule has 40 heavy (non-hydrogen) atoms. The summed E-state index contributed by atoms with van der Waals surface area (Å²) in [5, 5.41) is 0. The molecule has 1 unspecified atom stereocenters. The molecule has 2 aliphatic rings. The molecule has 1 atom stereocenters. The molecule has 5 rings (SSSR count). The van der Waals surface area contributed by atoms with Crippen LogP contribution in [0.3, 0.4) is 0 Å². The van der Waals surface area contributed by atoms with Gasteiger partial charge in [-0.15, -0.1) is 6.58 Å². The van der Waals surface area contributed by atoms with E-state index in [1.165, 1.54) is 12.1 Å². The van der Waals surface area contributed by atoms with E-state index in [0.717, 1.165) is 36.3 Å². The van der Waals surface area contributed by atoms with Crippen LogP contribution in [0.2, 0.25) is 0 Å². The van der Waals surface area contributed by atoms with Gasteiger partial charge >= 0.3 is 0 Å². The number of piperazine rings is 1. The molecule has 2 aliphatic heterocycles. The van der Waals surface area contributed by atoms with Gasteiger partial charge in [0.05, 0.1) is 6.04 Å². The van der Waals surface area contributed by atoms with E-state index < -0.39 is 6.04 Å². The number of halogens is 1. The highest BCUT2D eigenvalue weighted by atomic mass is 19.1. The molecule has 0 radical (unpaired) electrons. The van der Waals surface area contributed by atoms with Crippen molar-refractivity contribution in [3.8, 4) is 5.75 Å². The van der Waals surface area contributed by atoms with E-state index in [2.05, 4.69) is 11.5 Å². The van der Waals surface area contributed by atoms with E-state index in [0.29, 0.717) is 43.3 Å². The van der Waals surface area contributed by atoms with Crippen LogP contribution in [0.5, 0.6) is 5.75 Å². The summed E-state index contributed by atoms with van der Waals surface area (Å²) < 4.78 is 26.1. The second-order valence-corrected chi connectivity index (χ2v) is 10.7. The van der Waals surface area contributed by atoms with Gasteiger partial charge in [0, 0.05) is 45.2 Å². The third-order valence-corrected chi connectivity index (χ3v) is 7.59. The van der Waals surface area contributed by atoms with Crippen molar-refractivity contribution in [2.45, 2.75) is 32.9 Å². The molecule has 8 heteroatoms. The molecular formula is C32H36FN3O4. The van der Waals surface area contributed by atoms with Gasteiger partial charge in [0.15, 0.2) is 5.76 Å². The lowest BCUT2D eigenvalue weighted by molar-refractivity contribution is -0.136. The third kappa shape index (κ3) is 5.97. The van der Waals surface area contributed by atoms with E-state index in [9.17, 15) is 14.0 Å². The summed E-state index contributed by atoms with van der Waals surface area (Å²) in [6.45, 7) is 12.0. The zero-order valence-corrected chi connectivity index (χ0v) is 23.1. The first kappa shape index (κ1) is 27.6. The maximum Gasteiger partial charge on any atom is 0.289 e. The van der Waals surface area contributed by atoms with Crippen LogP contribution in [0, 0.1) is 11.7 Å². The highest BCUT2D eigenvalue weighted by Gasteiger charge is 2.33. The van der Waals surface area contributed by atoms with Gasteiger partial charge in [0.1, 0.15) is 23.9 Å². The first-order chi connectivity index (χ1) is 19.3. The zero-order valence-electron chi connectivity index (χ0n) is 23.1. The van der Waals surface area contributed by atoms with Crippen molar-refractivity contribution in [2.75, 3.05) is 39.3 Å². The number of fused-ring (bicyclic) bond motifs is 1. The van der Waals surface area contributed by atoms with E-state index in [1.807, 2.05) is 54.0 Å². The second-order valence-electron chi connectivity index (χ2n) is 10.7. The molecule has 0 saturated carbocycles. The van der Waals surface area contributed by atoms with Crippen molar-refractivity contribution in [3.05, 3.63) is 101 Å². The number of amides is 2. The molecule has 2 aromatic carbocycles. The Labute approximate surface area is 234 Å². The lowest BCUT2D eigenvalue weighted by Crippen LogP contribution is -2.48. The minimum Gasteiger partial charge on any atom is -0.486 e. The molecule has 3 aromatic rings. The summed E-state index contributed by atoms with van der Waals surface area (Å²) in [6, 6.07) is 15.3. The van der Waals surface area contributed by atoms with Gasteiger partial charge < -0.3 is 19.0 Å². The quantitative estimate of drug-likeness (QED) is 0.370. The first-order valence-corrected chi connectivity index (χ1v) is 13.9. The van der Waals surface area contributed by atoms with Gasteiger partial charge in [-0.25, -0.2) is 4.39 Å². The molecule has 0 aliphatic carbocycles. The molecule has 2 amide bonds. The highest BCUT2D eigenvalue weighted by Crippen LogP contribution is 2.38. The molecule has 3 heterocycles. The average Bonchev–Trinajstić information content (AvgIpc) is 3.44. The number of nitrogens with zero attached hydrogens (tertiary/aromatic N) is 3. The summed E-state index contributed by atoms with van der Waals surface area (Å²) in [5.74, 6) is 0.855. The van der Waals surface area contributed by atoms with Crippen molar-refractivity contribution in [2.24, 2.45) is 5.92 Å². The van der Waals surface area contributed by atoms with Gasteiger partial charge in [0.2, 0.25) is 5.91 Å². The lowest BCUT2D eigenvalue weighted by atomic mass is 9.87. The van der Waals surface area contributed by atoms with Crippen LogP contribution in [0.25, 0.3) is 0 Å². The number of rotatable bonds is 8. The van der Waals surface area contributed by atoms with Crippen molar-refractivity contribution < 1.29 is 23.1 Å². The molecule has 0 N–H and O–H groups in total. The molecule has 0 bridgehead atoms. The number of furan rings is 1. The van der Waals surface area contributed by atoms with Gasteiger partial charge in [0.25, 0.3) is 5.91 Å². The number of hydrogen-bond acceptors (Lipinski definition) is 5. The fraction of sp³-hybridized carbons (Fsp3) is 0.375. The largest absolute Gasteiger partial charge is 0.486 e. The smallest absolute Gasteiger partial charge is 0.289 e. The summed E-state index contributed by atoms with van der Waals surface area (Å²) in [5.41, 5.74) is 2.76. The molecule has 0 spiro atoms. The van der Waals surface area contributed by atoms with Crippen LogP contribution in [0.15, 0.2) is 71.7 Å². The predicted molar refractivity (Wildman–Crippen MR) is 151 cm³/mol. The number of hydrogen-bond donors (Lipinski definition) is 0. The van der Waals surface area contributed by atoms with Gasteiger partial charge in [-0.05, 0) is 59.5 Å². The Balaban J connectivity index is 1.30. The predicted octanol–water partition coefficient (Wildman–Crippen LogP) is 5.07. The van der Waals surface area contributed by atoms with Crippen LogP contribution in [-0.2, 0) is 17.8 Å². The maximum absolute atomic E-state index is 14.2. The highest BCUT2D eigenvalue weighted by molar-refractivity contribution is 5.91. The number of ether oxygens (including phenoxy) is 1. The Morgan fingerprint density at radius 1 is 1.07 bits per heavy atom. The van der Waals surface area contributed by atoms with Gasteiger partial charge in [-0.1, -0.05) is 38.1 Å². The van der Waals surface area contributed by atoms with Crippen LogP contribution < -0.4 is 4.74 Å². The SMILES string of the molecule is C=CCN1CCN(C(=O)c2ccc(COc3ccc4c(c3)C(c3cccc(F)c3)N(C(=O)C(C)C)CC4)o2)CC1. The summed E-state index contributed by atoms with van der Waals surface area (Å²) >= 11 is 0. The Bertz CT molecular complexity index is 1380. The lowest BCUT2D eigenvalue weighted by Gasteiger charge is -2.39. The standard InChI is InChI=1S/C32H36FN3O4/c1-4-13-34-15-17-35(18-16-34)32(38)29-11-10-27(40-29)21-39-26-9-8-23-12-14-36(31(37)22(2)3)30(28(23)20-26)24-6-5-7-25(33)19-24/h4-11,19-20,22,30H,1,12-18,21H2,2-3H3. The Morgan fingerprint density at radius 2 is 1.88 bits per heavy atom. The molecule has 1 fully saturated rings. The Morgan fingerprint density at radius 3 is 2.60 bits per heavy atom. The minimum atomic E-state index is -0.405. The third-order valence-electron chi connectivity index (χ3n) is 7.59. The summed E-state index contributed by atoms with van der Waals surface area (Å²) in [4.78, 5) is 32.0. The van der Waals surface area contributed by atoms with Crippen molar-refractivity contribution in [1.29, 1.82) is 0 Å². The molecular weight excluding hydrogens is 509 g/mol. The fourth-order valence-electron chi connectivity index (χ4n) is 5.49. The average molecular weight is 546 g/mol. The van der Waals surface area contributed by atoms with Gasteiger partial charge in [-0.2, -0.15) is 0 Å². The normalized spacial score (nSPS) is 17.6. The maximum atomic E-state index is 14.2. The Hall–Kier alpha value is -3.91. The topological polar surface area (TPSA) is 66.2 Å². The molecule has 1 saturated heterocycles. The van der Waals surface area contributed by atoms with E-state index in [4.69, 9.17) is 9.15 Å². The van der Waals surface area contributed by atoms with Crippen LogP contribution >= 0.6 is 0 Å². The van der Waals surface area contributed by atoms with Crippen LogP contribution in [0.1, 0.15) is 52.9 Å². The Kier molecular flexibility index (Phi) is 8.35. The summed E-state index contributed by atoms with van der Waals surface area (Å²) in [7, 11) is 0. The second kappa shape index (κ2) is 12.1. The van der Waals surface area contributed by atoms with Crippen LogP contribution in [0.4, 0.5) is 4.39 Å². The summed E-state index contributed by atoms with van der Waals surface area (Å²) in [6.07, 6.45) is 2.59. The van der Waals surface area contributed by atoms with E-state index in [1.54, 1.807) is 18.2 Å². The van der Waals surface area contributed by atoms with Gasteiger partial charge in [-0.3, -0.25) is 14.5 Å². The zero-order chi connectivity index (χ0) is 28.2. The van der Waals surface area contributed by atoms with Crippen LogP contribution in [-0.4, -0.2) is 65.8 Å². The fourth-order valence-corrected chi connectivity index (χ4v) is 5.49. The van der Waals surface area contributed by atoms with Crippen molar-refractivity contribution in [3.63, 3.8) is 0 Å².